The molecular weight excluding hydrogens is 325 g/mol. The third-order valence-corrected chi connectivity index (χ3v) is 2.97. The SMILES string of the molecule is O=S(=O)([O-])C12C=CC=CC1=NN=N2.[Ag].[Na+]. The minimum Gasteiger partial charge on any atom is -0.745 e. The maximum absolute atomic E-state index is 10.9. The second-order valence-corrected chi connectivity index (χ2v) is 4.07. The van der Waals surface area contributed by atoms with Gasteiger partial charge in [0.1, 0.15) is 15.8 Å². The van der Waals surface area contributed by atoms with Crippen LogP contribution in [0.1, 0.15) is 0 Å². The molecule has 0 saturated heterocycles. The summed E-state index contributed by atoms with van der Waals surface area (Å²) in [5, 5.41) is 10.00. The van der Waals surface area contributed by atoms with Crippen molar-refractivity contribution in [2.24, 2.45) is 15.4 Å². The van der Waals surface area contributed by atoms with Crippen LogP contribution in [-0.2, 0) is 32.5 Å². The molecule has 0 spiro atoms. The first kappa shape index (κ1) is 15.4. The van der Waals surface area contributed by atoms with E-state index in [2.05, 4.69) is 15.4 Å². The quantitative estimate of drug-likeness (QED) is 0.384. The molecule has 79 valence electrons. The molecule has 9 heteroatoms. The molecule has 1 heterocycles. The van der Waals surface area contributed by atoms with Gasteiger partial charge in [-0.2, -0.15) is 0 Å². The maximum atomic E-state index is 10.9. The largest absolute Gasteiger partial charge is 1.00 e. The van der Waals surface area contributed by atoms with E-state index in [1.807, 2.05) is 0 Å². The van der Waals surface area contributed by atoms with Crippen molar-refractivity contribution in [1.82, 2.24) is 0 Å². The fraction of sp³-hybridized carbons (Fsp3) is 0.167. The van der Waals surface area contributed by atoms with Crippen molar-refractivity contribution < 1.29 is 64.9 Å². The van der Waals surface area contributed by atoms with Crippen LogP contribution in [0.4, 0.5) is 0 Å². The van der Waals surface area contributed by atoms with Crippen molar-refractivity contribution in [2.75, 3.05) is 0 Å². The predicted molar refractivity (Wildman–Crippen MR) is 43.0 cm³/mol. The van der Waals surface area contributed by atoms with Gasteiger partial charge in [-0.05, 0) is 17.4 Å². The third kappa shape index (κ3) is 2.40. The Bertz CT molecular complexity index is 470. The molecule has 0 aromatic heterocycles. The Morgan fingerprint density at radius 1 is 1.33 bits per heavy atom. The summed E-state index contributed by atoms with van der Waals surface area (Å²) in [4.78, 5) is -1.91. The van der Waals surface area contributed by atoms with Gasteiger partial charge in [-0.25, -0.2) is 8.42 Å². The van der Waals surface area contributed by atoms with Gasteiger partial charge in [-0.1, -0.05) is 12.2 Å². The first-order valence-corrected chi connectivity index (χ1v) is 4.79. The van der Waals surface area contributed by atoms with E-state index >= 15 is 0 Å². The van der Waals surface area contributed by atoms with E-state index in [0.29, 0.717) is 0 Å². The monoisotopic (exact) mass is 328 g/mol. The number of rotatable bonds is 1. The van der Waals surface area contributed by atoms with Gasteiger partial charge in [0.2, 0.25) is 4.87 Å². The second kappa shape index (κ2) is 5.15. The van der Waals surface area contributed by atoms with Crippen molar-refractivity contribution in [3.05, 3.63) is 24.3 Å². The van der Waals surface area contributed by atoms with E-state index in [-0.39, 0.29) is 57.6 Å². The van der Waals surface area contributed by atoms with E-state index < -0.39 is 15.0 Å². The molecule has 1 radical (unpaired) electrons. The normalized spacial score (nSPS) is 26.3. The van der Waals surface area contributed by atoms with Gasteiger partial charge in [0.05, 0.1) is 0 Å². The summed E-state index contributed by atoms with van der Waals surface area (Å²) >= 11 is 0. The molecule has 15 heavy (non-hydrogen) atoms. The van der Waals surface area contributed by atoms with Crippen LogP contribution in [0.5, 0.6) is 0 Å². The van der Waals surface area contributed by atoms with Gasteiger partial charge in [0, 0.05) is 22.4 Å². The Morgan fingerprint density at radius 2 is 2.00 bits per heavy atom. The van der Waals surface area contributed by atoms with Gasteiger partial charge < -0.3 is 4.55 Å². The minimum absolute atomic E-state index is 0. The summed E-state index contributed by atoms with van der Waals surface area (Å²) < 4.78 is 32.7. The molecule has 0 aromatic carbocycles. The van der Waals surface area contributed by atoms with Crippen molar-refractivity contribution in [3.63, 3.8) is 0 Å². The molecule has 0 fully saturated rings. The summed E-state index contributed by atoms with van der Waals surface area (Å²) in [7, 11) is -4.60. The van der Waals surface area contributed by atoms with Gasteiger partial charge in [0.15, 0.2) is 0 Å². The Morgan fingerprint density at radius 3 is 2.53 bits per heavy atom. The fourth-order valence-corrected chi connectivity index (χ4v) is 1.87. The van der Waals surface area contributed by atoms with E-state index in [1.165, 1.54) is 18.2 Å². The van der Waals surface area contributed by atoms with E-state index in [1.54, 1.807) is 6.08 Å². The van der Waals surface area contributed by atoms with Gasteiger partial charge in [0.25, 0.3) is 0 Å². The first-order valence-electron chi connectivity index (χ1n) is 3.38. The molecule has 2 aliphatic rings. The van der Waals surface area contributed by atoms with Crippen molar-refractivity contribution >= 4 is 15.8 Å². The summed E-state index contributed by atoms with van der Waals surface area (Å²) in [5.41, 5.74) is 0.0463. The Labute approximate surface area is 124 Å². The summed E-state index contributed by atoms with van der Waals surface area (Å²) in [6.45, 7) is 0. The second-order valence-electron chi connectivity index (χ2n) is 2.54. The van der Waals surface area contributed by atoms with Crippen molar-refractivity contribution in [1.29, 1.82) is 0 Å². The zero-order chi connectivity index (χ0) is 9.53. The Kier molecular flexibility index (Phi) is 5.29. The minimum atomic E-state index is -4.60. The van der Waals surface area contributed by atoms with Crippen LogP contribution in [0.3, 0.4) is 0 Å². The zero-order valence-electron chi connectivity index (χ0n) is 7.59. The number of hydrogen-bond donors (Lipinski definition) is 0. The fourth-order valence-electron chi connectivity index (χ4n) is 1.13. The van der Waals surface area contributed by atoms with Gasteiger partial charge in [-0.3, -0.25) is 0 Å². The average molecular weight is 329 g/mol. The molecule has 1 unspecified atom stereocenters. The van der Waals surface area contributed by atoms with Crippen LogP contribution in [-0.4, -0.2) is 23.6 Å². The zero-order valence-corrected chi connectivity index (χ0v) is 11.9. The van der Waals surface area contributed by atoms with E-state index in [4.69, 9.17) is 0 Å². The maximum Gasteiger partial charge on any atom is 1.00 e. The standard InChI is InChI=1S/C6H5N3O3S.Ag.Na/c10-13(11,12)6-4-2-1-3-5(6)7-9-8-6;;/h1-4H,(H,10,11,12);;/q;;+1/p-1. The van der Waals surface area contributed by atoms with Crippen molar-refractivity contribution in [2.45, 2.75) is 4.87 Å². The van der Waals surface area contributed by atoms with Crippen LogP contribution in [0.15, 0.2) is 39.7 Å². The van der Waals surface area contributed by atoms with Crippen LogP contribution < -0.4 is 29.6 Å². The molecule has 6 nitrogen and oxygen atoms in total. The molecule has 0 bridgehead atoms. The molecule has 2 rings (SSSR count). The number of fused-ring (bicyclic) bond motifs is 1. The summed E-state index contributed by atoms with van der Waals surface area (Å²) in [6, 6.07) is 0. The van der Waals surface area contributed by atoms with Crippen molar-refractivity contribution in [3.8, 4) is 0 Å². The Hall–Kier alpha value is 0.400. The smallest absolute Gasteiger partial charge is 0.745 e. The van der Waals surface area contributed by atoms with Crippen LogP contribution in [0.2, 0.25) is 0 Å². The molecule has 1 aliphatic heterocycles. The summed E-state index contributed by atoms with van der Waals surface area (Å²) in [6.07, 6.45) is 5.57. The summed E-state index contributed by atoms with van der Waals surface area (Å²) in [5.74, 6) is 0. The third-order valence-electron chi connectivity index (χ3n) is 1.78. The number of hydrogen-bond acceptors (Lipinski definition) is 6. The van der Waals surface area contributed by atoms with E-state index in [9.17, 15) is 13.0 Å². The topological polar surface area (TPSA) is 94.3 Å². The average Bonchev–Trinajstić information content (AvgIpc) is 2.46. The van der Waals surface area contributed by atoms with E-state index in [0.717, 1.165) is 0 Å². The molecular formula is C6H4AgN3NaO3S. The van der Waals surface area contributed by atoms with Crippen LogP contribution in [0.25, 0.3) is 0 Å². The van der Waals surface area contributed by atoms with Gasteiger partial charge in [-0.15, -0.1) is 10.2 Å². The molecule has 0 saturated carbocycles. The Balaban J connectivity index is 0.000000980. The number of allylic oxidation sites excluding steroid dienone is 2. The molecule has 1 atom stereocenters. The first-order chi connectivity index (χ1) is 6.06. The molecule has 1 aliphatic carbocycles. The predicted octanol–water partition coefficient (Wildman–Crippen LogP) is -2.82. The van der Waals surface area contributed by atoms with Crippen LogP contribution in [0, 0.1) is 0 Å². The van der Waals surface area contributed by atoms with Gasteiger partial charge >= 0.3 is 29.6 Å². The van der Waals surface area contributed by atoms with Crippen LogP contribution >= 0.6 is 0 Å². The molecule has 0 aromatic rings. The molecule has 0 N–H and O–H groups in total. The number of nitrogens with zero attached hydrogens (tertiary/aromatic N) is 3. The molecule has 0 amide bonds.